The Morgan fingerprint density at radius 2 is 0.757 bits per heavy atom. The number of rotatable bonds is 10. The summed E-state index contributed by atoms with van der Waals surface area (Å²) in [5.41, 5.74) is 23.2. The Bertz CT molecular complexity index is 1150. The van der Waals surface area contributed by atoms with Crippen LogP contribution in [-0.2, 0) is 10.9 Å². The summed E-state index contributed by atoms with van der Waals surface area (Å²) in [7, 11) is 1.79. The van der Waals surface area contributed by atoms with Crippen LogP contribution in [0.25, 0.3) is 0 Å². The zero-order chi connectivity index (χ0) is 26.5. The van der Waals surface area contributed by atoms with Gasteiger partial charge in [-0.15, -0.1) is 0 Å². The van der Waals surface area contributed by atoms with E-state index in [-0.39, 0.29) is 0 Å². The van der Waals surface area contributed by atoms with Gasteiger partial charge in [-0.25, -0.2) is 0 Å². The molecule has 4 rings (SSSR count). The van der Waals surface area contributed by atoms with Crippen molar-refractivity contribution in [1.82, 2.24) is 0 Å². The molecule has 37 heavy (non-hydrogen) atoms. The SMILES string of the molecule is Cc1cccc(C(N)(BCCCBC(N)(c2cccc(C)c2)c2cccc(C)c2)c2cccc(C)c2)c1. The minimum absolute atomic E-state index is 0.509. The van der Waals surface area contributed by atoms with Crippen molar-refractivity contribution in [3.63, 3.8) is 0 Å². The molecule has 188 valence electrons. The molecule has 0 unspecified atom stereocenters. The third kappa shape index (κ3) is 6.26. The molecule has 0 saturated carbocycles. The first-order valence-corrected chi connectivity index (χ1v) is 13.6. The largest absolute Gasteiger partial charge is 0.325 e. The van der Waals surface area contributed by atoms with E-state index in [4.69, 9.17) is 11.5 Å². The van der Waals surface area contributed by atoms with E-state index in [2.05, 4.69) is 125 Å². The van der Waals surface area contributed by atoms with Crippen LogP contribution in [0.2, 0.25) is 12.6 Å². The third-order valence-electron chi connectivity index (χ3n) is 7.78. The van der Waals surface area contributed by atoms with Crippen LogP contribution >= 0.6 is 0 Å². The fraction of sp³-hybridized carbons (Fsp3) is 0.273. The lowest BCUT2D eigenvalue weighted by molar-refractivity contribution is 0.740. The molecule has 0 fully saturated rings. The van der Waals surface area contributed by atoms with Crippen molar-refractivity contribution in [2.75, 3.05) is 0 Å². The van der Waals surface area contributed by atoms with E-state index >= 15 is 0 Å². The summed E-state index contributed by atoms with van der Waals surface area (Å²) in [4.78, 5) is 0. The molecule has 0 radical (unpaired) electrons. The van der Waals surface area contributed by atoms with Crippen LogP contribution in [0.5, 0.6) is 0 Å². The van der Waals surface area contributed by atoms with Gasteiger partial charge in [0, 0.05) is 10.9 Å². The highest BCUT2D eigenvalue weighted by Crippen LogP contribution is 2.31. The molecule has 0 saturated heterocycles. The fourth-order valence-corrected chi connectivity index (χ4v) is 5.59. The highest BCUT2D eigenvalue weighted by molar-refractivity contribution is 6.43. The Morgan fingerprint density at radius 3 is 1.00 bits per heavy atom. The van der Waals surface area contributed by atoms with Crippen LogP contribution in [-0.4, -0.2) is 14.6 Å². The van der Waals surface area contributed by atoms with Crippen LogP contribution in [0.4, 0.5) is 0 Å². The molecule has 0 aliphatic carbocycles. The molecule has 4 aromatic rings. The van der Waals surface area contributed by atoms with Crippen molar-refractivity contribution in [2.45, 2.75) is 57.6 Å². The van der Waals surface area contributed by atoms with E-state index in [1.807, 2.05) is 0 Å². The first kappa shape index (κ1) is 27.0. The lowest BCUT2D eigenvalue weighted by Gasteiger charge is -2.32. The van der Waals surface area contributed by atoms with Crippen LogP contribution in [0, 0.1) is 27.7 Å². The van der Waals surface area contributed by atoms with E-state index in [0.29, 0.717) is 0 Å². The minimum Gasteiger partial charge on any atom is -0.325 e. The van der Waals surface area contributed by atoms with Crippen LogP contribution in [0.3, 0.4) is 0 Å². The Balaban J connectivity index is 1.52. The maximum absolute atomic E-state index is 7.24. The van der Waals surface area contributed by atoms with Crippen molar-refractivity contribution in [3.8, 4) is 0 Å². The van der Waals surface area contributed by atoms with Gasteiger partial charge in [0.05, 0.1) is 0 Å². The molecule has 2 nitrogen and oxygen atoms in total. The molecule has 4 heteroatoms. The standard InChI is InChI=1S/C33H40B2N2/c1-24-10-5-14-28(20-24)32(36,29-15-6-11-25(2)21-29)34-18-9-19-35-33(37,30-16-7-12-26(3)22-30)31-17-8-13-27(4)23-31/h5-8,10-17,20-23,34-35H,9,18-19,36-37H2,1-4H3. The predicted molar refractivity (Wildman–Crippen MR) is 163 cm³/mol. The molecule has 0 aliphatic rings. The van der Waals surface area contributed by atoms with E-state index < -0.39 is 10.9 Å². The van der Waals surface area contributed by atoms with Gasteiger partial charge in [-0.3, -0.25) is 0 Å². The van der Waals surface area contributed by atoms with Crippen LogP contribution in [0.1, 0.15) is 50.9 Å². The van der Waals surface area contributed by atoms with Gasteiger partial charge in [-0.1, -0.05) is 138 Å². The molecule has 0 heterocycles. The van der Waals surface area contributed by atoms with Gasteiger partial charge < -0.3 is 11.5 Å². The lowest BCUT2D eigenvalue weighted by atomic mass is 9.47. The Hall–Kier alpha value is -3.07. The third-order valence-corrected chi connectivity index (χ3v) is 7.78. The molecule has 0 bridgehead atoms. The van der Waals surface area contributed by atoms with Gasteiger partial charge in [0.25, 0.3) is 0 Å². The Labute approximate surface area is 225 Å². The molecule has 0 aliphatic heterocycles. The Morgan fingerprint density at radius 1 is 0.486 bits per heavy atom. The minimum atomic E-state index is -0.509. The first-order chi connectivity index (χ1) is 17.7. The quantitative estimate of drug-likeness (QED) is 0.212. The molecule has 4 N–H and O–H groups in total. The molecule has 0 atom stereocenters. The predicted octanol–water partition coefficient (Wildman–Crippen LogP) is 6.04. The summed E-state index contributed by atoms with van der Waals surface area (Å²) in [6.45, 7) is 8.55. The molecular formula is C33H40B2N2. The molecule has 4 aromatic carbocycles. The van der Waals surface area contributed by atoms with Crippen molar-refractivity contribution in [3.05, 3.63) is 142 Å². The number of nitrogens with two attached hydrogens (primary N) is 2. The summed E-state index contributed by atoms with van der Waals surface area (Å²) in [6.07, 6.45) is 3.15. The summed E-state index contributed by atoms with van der Waals surface area (Å²) >= 11 is 0. The zero-order valence-corrected chi connectivity index (χ0v) is 22.9. The van der Waals surface area contributed by atoms with Gasteiger partial charge in [-0.05, 0) is 49.9 Å². The number of hydrogen-bond donors (Lipinski definition) is 2. The van der Waals surface area contributed by atoms with Crippen molar-refractivity contribution >= 4 is 14.6 Å². The topological polar surface area (TPSA) is 52.0 Å². The van der Waals surface area contributed by atoms with E-state index in [1.54, 1.807) is 0 Å². The monoisotopic (exact) mass is 486 g/mol. The number of benzene rings is 4. The zero-order valence-electron chi connectivity index (χ0n) is 22.9. The first-order valence-electron chi connectivity index (χ1n) is 13.6. The maximum Gasteiger partial charge on any atom is 0.157 e. The fourth-order valence-electron chi connectivity index (χ4n) is 5.59. The van der Waals surface area contributed by atoms with Crippen molar-refractivity contribution in [1.29, 1.82) is 0 Å². The van der Waals surface area contributed by atoms with Gasteiger partial charge >= 0.3 is 0 Å². The molecule has 0 aromatic heterocycles. The highest BCUT2D eigenvalue weighted by Gasteiger charge is 2.32. The second-order valence-corrected chi connectivity index (χ2v) is 11.0. The van der Waals surface area contributed by atoms with E-state index in [9.17, 15) is 0 Å². The highest BCUT2D eigenvalue weighted by atomic mass is 14.7. The van der Waals surface area contributed by atoms with E-state index in [1.165, 1.54) is 44.5 Å². The smallest absolute Gasteiger partial charge is 0.157 e. The van der Waals surface area contributed by atoms with E-state index in [0.717, 1.165) is 33.6 Å². The molecule has 0 amide bonds. The second kappa shape index (κ2) is 11.5. The summed E-state index contributed by atoms with van der Waals surface area (Å²) in [5, 5.41) is 0. The molecule has 0 spiro atoms. The number of hydrogen-bond acceptors (Lipinski definition) is 2. The number of aryl methyl sites for hydroxylation is 4. The normalized spacial score (nSPS) is 11.8. The average Bonchev–Trinajstić information content (AvgIpc) is 2.88. The summed E-state index contributed by atoms with van der Waals surface area (Å²) in [6, 6.07) is 34.7. The Kier molecular flexibility index (Phi) is 8.42. The summed E-state index contributed by atoms with van der Waals surface area (Å²) in [5.74, 6) is 0. The average molecular weight is 486 g/mol. The van der Waals surface area contributed by atoms with Gasteiger partial charge in [0.15, 0.2) is 14.6 Å². The summed E-state index contributed by atoms with van der Waals surface area (Å²) < 4.78 is 0. The van der Waals surface area contributed by atoms with Gasteiger partial charge in [0.1, 0.15) is 0 Å². The van der Waals surface area contributed by atoms with Gasteiger partial charge in [-0.2, -0.15) is 0 Å². The van der Waals surface area contributed by atoms with Crippen LogP contribution < -0.4 is 11.5 Å². The molecular weight excluding hydrogens is 446 g/mol. The van der Waals surface area contributed by atoms with Crippen LogP contribution in [0.15, 0.2) is 97.1 Å². The maximum atomic E-state index is 7.24. The lowest BCUT2D eigenvalue weighted by Crippen LogP contribution is -2.45. The second-order valence-electron chi connectivity index (χ2n) is 11.0. The van der Waals surface area contributed by atoms with Crippen molar-refractivity contribution < 1.29 is 0 Å². The van der Waals surface area contributed by atoms with Gasteiger partial charge in [0.2, 0.25) is 0 Å². The van der Waals surface area contributed by atoms with Crippen molar-refractivity contribution in [2.24, 2.45) is 11.5 Å².